The summed E-state index contributed by atoms with van der Waals surface area (Å²) in [4.78, 5) is 24.1. The second-order valence-electron chi connectivity index (χ2n) is 4.51. The van der Waals surface area contributed by atoms with Crippen molar-refractivity contribution in [3.8, 4) is 11.1 Å². The average molecular weight is 353 g/mol. The van der Waals surface area contributed by atoms with Crippen LogP contribution in [0.3, 0.4) is 0 Å². The van der Waals surface area contributed by atoms with Crippen molar-refractivity contribution >= 4 is 39.9 Å². The van der Waals surface area contributed by atoms with Gasteiger partial charge >= 0.3 is 12.0 Å². The van der Waals surface area contributed by atoms with Crippen molar-refractivity contribution in [3.63, 3.8) is 0 Å². The minimum Gasteiger partial charge on any atom is -0.462 e. The molecule has 23 heavy (non-hydrogen) atoms. The Labute approximate surface area is 143 Å². The summed E-state index contributed by atoms with van der Waals surface area (Å²) in [6.07, 6.45) is 0. The number of hydrogen-bond donors (Lipinski definition) is 2. The van der Waals surface area contributed by atoms with E-state index in [1.165, 1.54) is 11.3 Å². The van der Waals surface area contributed by atoms with Gasteiger partial charge in [-0.3, -0.25) is 5.32 Å². The largest absolute Gasteiger partial charge is 0.462 e. The van der Waals surface area contributed by atoms with Gasteiger partial charge in [0.25, 0.3) is 0 Å². The van der Waals surface area contributed by atoms with Crippen LogP contribution in [0.15, 0.2) is 35.7 Å². The quantitative estimate of drug-likeness (QED) is 0.611. The highest BCUT2D eigenvalue weighted by molar-refractivity contribution is 7.15. The third kappa shape index (κ3) is 4.46. The first-order valence-electron chi connectivity index (χ1n) is 7.12. The van der Waals surface area contributed by atoms with Crippen molar-refractivity contribution in [2.24, 2.45) is 0 Å². The molecule has 2 aromatic rings. The second kappa shape index (κ2) is 8.55. The van der Waals surface area contributed by atoms with Gasteiger partial charge in [-0.25, -0.2) is 9.59 Å². The van der Waals surface area contributed by atoms with Crippen LogP contribution in [0.4, 0.5) is 9.80 Å². The molecular formula is C16H17ClN2O3S. The van der Waals surface area contributed by atoms with E-state index in [-0.39, 0.29) is 6.61 Å². The Balaban J connectivity index is 2.33. The summed E-state index contributed by atoms with van der Waals surface area (Å²) in [6, 6.07) is 9.09. The normalized spacial score (nSPS) is 10.2. The van der Waals surface area contributed by atoms with E-state index in [1.54, 1.807) is 6.92 Å². The molecule has 0 spiro atoms. The number of alkyl halides is 1. The molecule has 2 N–H and O–H groups in total. The van der Waals surface area contributed by atoms with Gasteiger partial charge in [0.15, 0.2) is 0 Å². The molecule has 5 nitrogen and oxygen atoms in total. The van der Waals surface area contributed by atoms with Crippen LogP contribution >= 0.6 is 22.9 Å². The molecule has 0 radical (unpaired) electrons. The van der Waals surface area contributed by atoms with E-state index >= 15 is 0 Å². The van der Waals surface area contributed by atoms with Gasteiger partial charge in [0.2, 0.25) is 0 Å². The van der Waals surface area contributed by atoms with Crippen LogP contribution in [0, 0.1) is 0 Å². The summed E-state index contributed by atoms with van der Waals surface area (Å²) >= 11 is 6.82. The van der Waals surface area contributed by atoms with Crippen molar-refractivity contribution in [1.82, 2.24) is 5.32 Å². The lowest BCUT2D eigenvalue weighted by atomic mass is 10.0. The van der Waals surface area contributed by atoms with Gasteiger partial charge in [-0.15, -0.1) is 22.9 Å². The summed E-state index contributed by atoms with van der Waals surface area (Å²) < 4.78 is 5.13. The number of carbonyl (C=O) groups excluding carboxylic acids is 2. The number of ether oxygens (including phenoxy) is 1. The highest BCUT2D eigenvalue weighted by atomic mass is 35.5. The topological polar surface area (TPSA) is 67.4 Å². The SMILES string of the molecule is CCOC(=O)c1c(-c2ccccc2)csc1NC(=O)NCCCl. The number of nitrogens with one attached hydrogen (secondary N) is 2. The standard InChI is InChI=1S/C16H17ClN2O3S/c1-2-22-15(20)13-12(11-6-4-3-5-7-11)10-23-14(13)19-16(21)18-9-8-17/h3-7,10H,2,8-9H2,1H3,(H2,18,19,21). The molecule has 0 aliphatic carbocycles. The number of amides is 2. The van der Waals surface area contributed by atoms with Crippen molar-refractivity contribution in [2.75, 3.05) is 24.3 Å². The molecule has 2 amide bonds. The summed E-state index contributed by atoms with van der Waals surface area (Å²) in [5.41, 5.74) is 1.99. The van der Waals surface area contributed by atoms with E-state index in [0.29, 0.717) is 23.0 Å². The zero-order valence-electron chi connectivity index (χ0n) is 12.6. The monoisotopic (exact) mass is 352 g/mol. The van der Waals surface area contributed by atoms with Crippen molar-refractivity contribution in [2.45, 2.75) is 6.92 Å². The van der Waals surface area contributed by atoms with Crippen LogP contribution in [-0.4, -0.2) is 31.0 Å². The number of urea groups is 1. The summed E-state index contributed by atoms with van der Waals surface area (Å²) in [5, 5.41) is 7.57. The van der Waals surface area contributed by atoms with E-state index in [4.69, 9.17) is 16.3 Å². The van der Waals surface area contributed by atoms with E-state index in [9.17, 15) is 9.59 Å². The van der Waals surface area contributed by atoms with Gasteiger partial charge < -0.3 is 10.1 Å². The second-order valence-corrected chi connectivity index (χ2v) is 5.77. The van der Waals surface area contributed by atoms with Gasteiger partial charge in [-0.05, 0) is 12.5 Å². The van der Waals surface area contributed by atoms with Crippen LogP contribution < -0.4 is 10.6 Å². The smallest absolute Gasteiger partial charge is 0.341 e. The van der Waals surface area contributed by atoms with Crippen LogP contribution in [-0.2, 0) is 4.74 Å². The number of carbonyl (C=O) groups is 2. The van der Waals surface area contributed by atoms with E-state index in [1.807, 2.05) is 35.7 Å². The molecule has 0 fully saturated rings. The maximum absolute atomic E-state index is 12.3. The molecule has 0 bridgehead atoms. The minimum atomic E-state index is -0.458. The Morgan fingerprint density at radius 2 is 2.00 bits per heavy atom. The molecule has 0 aliphatic rings. The van der Waals surface area contributed by atoms with Crippen LogP contribution in [0.2, 0.25) is 0 Å². The third-order valence-electron chi connectivity index (χ3n) is 2.96. The Morgan fingerprint density at radius 3 is 2.65 bits per heavy atom. The van der Waals surface area contributed by atoms with Crippen molar-refractivity contribution < 1.29 is 14.3 Å². The maximum Gasteiger partial charge on any atom is 0.341 e. The maximum atomic E-state index is 12.3. The minimum absolute atomic E-state index is 0.265. The highest BCUT2D eigenvalue weighted by Gasteiger charge is 2.22. The van der Waals surface area contributed by atoms with E-state index in [0.717, 1.165) is 11.1 Å². The van der Waals surface area contributed by atoms with Crippen molar-refractivity contribution in [1.29, 1.82) is 0 Å². The molecule has 1 aromatic carbocycles. The lowest BCUT2D eigenvalue weighted by Gasteiger charge is -2.09. The Bertz CT molecular complexity index is 673. The lowest BCUT2D eigenvalue weighted by molar-refractivity contribution is 0.0529. The molecule has 0 atom stereocenters. The zero-order valence-corrected chi connectivity index (χ0v) is 14.2. The van der Waals surface area contributed by atoms with Gasteiger partial charge in [0, 0.05) is 23.4 Å². The lowest BCUT2D eigenvalue weighted by Crippen LogP contribution is -2.30. The number of esters is 1. The van der Waals surface area contributed by atoms with Gasteiger partial charge in [-0.2, -0.15) is 0 Å². The zero-order chi connectivity index (χ0) is 16.7. The molecular weight excluding hydrogens is 336 g/mol. The Kier molecular flexibility index (Phi) is 6.43. The van der Waals surface area contributed by atoms with Crippen molar-refractivity contribution in [3.05, 3.63) is 41.3 Å². The van der Waals surface area contributed by atoms with Crippen LogP contribution in [0.5, 0.6) is 0 Å². The van der Waals surface area contributed by atoms with Gasteiger partial charge in [0.1, 0.15) is 10.6 Å². The summed E-state index contributed by atoms with van der Waals surface area (Å²) in [5.74, 6) is -0.141. The number of anilines is 1. The number of rotatable bonds is 6. The first-order chi connectivity index (χ1) is 11.2. The number of halogens is 1. The van der Waals surface area contributed by atoms with Crippen LogP contribution in [0.25, 0.3) is 11.1 Å². The molecule has 2 rings (SSSR count). The number of thiophene rings is 1. The molecule has 1 aromatic heterocycles. The molecule has 0 aliphatic heterocycles. The molecule has 7 heteroatoms. The highest BCUT2D eigenvalue weighted by Crippen LogP contribution is 2.36. The van der Waals surface area contributed by atoms with Gasteiger partial charge in [0.05, 0.1) is 6.61 Å². The molecule has 122 valence electrons. The number of benzene rings is 1. The Morgan fingerprint density at radius 1 is 1.26 bits per heavy atom. The fourth-order valence-electron chi connectivity index (χ4n) is 1.99. The molecule has 0 saturated carbocycles. The summed E-state index contributed by atoms with van der Waals surface area (Å²) in [7, 11) is 0. The predicted octanol–water partition coefficient (Wildman–Crippen LogP) is 3.95. The fourth-order valence-corrected chi connectivity index (χ4v) is 3.04. The molecule has 0 saturated heterocycles. The molecule has 1 heterocycles. The van der Waals surface area contributed by atoms with E-state index < -0.39 is 12.0 Å². The summed E-state index contributed by atoms with van der Waals surface area (Å²) in [6.45, 7) is 2.35. The molecule has 0 unspecified atom stereocenters. The predicted molar refractivity (Wildman–Crippen MR) is 93.5 cm³/mol. The third-order valence-corrected chi connectivity index (χ3v) is 4.05. The first-order valence-corrected chi connectivity index (χ1v) is 8.53. The Hall–Kier alpha value is -2.05. The fraction of sp³-hybridized carbons (Fsp3) is 0.250. The average Bonchev–Trinajstić information content (AvgIpc) is 2.97. The van der Waals surface area contributed by atoms with E-state index in [2.05, 4.69) is 10.6 Å². The van der Waals surface area contributed by atoms with Gasteiger partial charge in [-0.1, -0.05) is 30.3 Å². The number of hydrogen-bond acceptors (Lipinski definition) is 4. The first kappa shape index (κ1) is 17.3. The van der Waals surface area contributed by atoms with Crippen LogP contribution in [0.1, 0.15) is 17.3 Å².